The maximum absolute atomic E-state index is 9.46. The highest BCUT2D eigenvalue weighted by Gasteiger charge is 2.19. The predicted octanol–water partition coefficient (Wildman–Crippen LogP) is 3.44. The monoisotopic (exact) mass is 228 g/mol. The number of aromatic amines is 1. The minimum Gasteiger partial charge on any atom is -0.508 e. The molecule has 1 heterocycles. The van der Waals surface area contributed by atoms with Gasteiger partial charge in [0.1, 0.15) is 11.6 Å². The van der Waals surface area contributed by atoms with Gasteiger partial charge in [-0.05, 0) is 25.0 Å². The van der Waals surface area contributed by atoms with Crippen molar-refractivity contribution in [3.63, 3.8) is 0 Å². The fourth-order valence-electron chi connectivity index (χ4n) is 2.56. The molecule has 3 heteroatoms. The van der Waals surface area contributed by atoms with Crippen molar-refractivity contribution in [3.8, 4) is 17.0 Å². The van der Waals surface area contributed by atoms with Crippen LogP contribution in [0, 0.1) is 0 Å². The lowest BCUT2D eigenvalue weighted by atomic mass is 10.1. The molecular weight excluding hydrogens is 212 g/mol. The Bertz CT molecular complexity index is 512. The van der Waals surface area contributed by atoms with Gasteiger partial charge in [0.25, 0.3) is 0 Å². The van der Waals surface area contributed by atoms with Crippen LogP contribution in [-0.4, -0.2) is 15.1 Å². The lowest BCUT2D eigenvalue weighted by Gasteiger charge is -2.04. The molecule has 0 atom stereocenters. The first kappa shape index (κ1) is 10.4. The van der Waals surface area contributed by atoms with Gasteiger partial charge in [-0.2, -0.15) is 0 Å². The molecule has 1 saturated carbocycles. The van der Waals surface area contributed by atoms with E-state index in [0.29, 0.717) is 11.7 Å². The first-order valence-electron chi connectivity index (χ1n) is 6.17. The molecule has 2 aromatic rings. The molecule has 88 valence electrons. The van der Waals surface area contributed by atoms with E-state index in [9.17, 15) is 5.11 Å². The number of nitrogens with one attached hydrogen (secondary N) is 1. The molecule has 0 amide bonds. The zero-order valence-electron chi connectivity index (χ0n) is 9.69. The normalized spacial score (nSPS) is 16.5. The molecule has 0 bridgehead atoms. The Morgan fingerprint density at radius 2 is 2.06 bits per heavy atom. The number of rotatable bonds is 2. The van der Waals surface area contributed by atoms with Gasteiger partial charge in [-0.1, -0.05) is 25.0 Å². The number of nitrogens with zero attached hydrogens (tertiary/aromatic N) is 1. The fraction of sp³-hybridized carbons (Fsp3) is 0.357. The van der Waals surface area contributed by atoms with Gasteiger partial charge in [0, 0.05) is 11.5 Å². The van der Waals surface area contributed by atoms with Crippen LogP contribution in [0.2, 0.25) is 0 Å². The zero-order valence-corrected chi connectivity index (χ0v) is 9.69. The van der Waals surface area contributed by atoms with Crippen LogP contribution in [0.4, 0.5) is 0 Å². The topological polar surface area (TPSA) is 48.9 Å². The fourth-order valence-corrected chi connectivity index (χ4v) is 2.56. The van der Waals surface area contributed by atoms with E-state index in [2.05, 4.69) is 9.97 Å². The van der Waals surface area contributed by atoms with E-state index in [1.165, 1.54) is 25.7 Å². The minimum atomic E-state index is 0.291. The molecule has 0 saturated heterocycles. The van der Waals surface area contributed by atoms with E-state index >= 15 is 0 Å². The van der Waals surface area contributed by atoms with Crippen molar-refractivity contribution in [1.29, 1.82) is 0 Å². The molecule has 0 aliphatic heterocycles. The maximum Gasteiger partial charge on any atom is 0.116 e. The molecule has 1 aliphatic rings. The van der Waals surface area contributed by atoms with E-state index < -0.39 is 0 Å². The second kappa shape index (κ2) is 4.24. The van der Waals surface area contributed by atoms with E-state index in [-0.39, 0.29) is 0 Å². The van der Waals surface area contributed by atoms with Gasteiger partial charge in [0.05, 0.1) is 11.9 Å². The molecule has 1 fully saturated rings. The van der Waals surface area contributed by atoms with Gasteiger partial charge in [-0.15, -0.1) is 0 Å². The van der Waals surface area contributed by atoms with Gasteiger partial charge in [0.15, 0.2) is 0 Å². The average molecular weight is 228 g/mol. The lowest BCUT2D eigenvalue weighted by Crippen LogP contribution is -1.94. The summed E-state index contributed by atoms with van der Waals surface area (Å²) < 4.78 is 0. The van der Waals surface area contributed by atoms with Crippen LogP contribution >= 0.6 is 0 Å². The molecule has 3 nitrogen and oxygen atoms in total. The highest BCUT2D eigenvalue weighted by atomic mass is 16.3. The molecule has 3 rings (SSSR count). The second-order valence-electron chi connectivity index (χ2n) is 4.71. The Morgan fingerprint density at radius 3 is 2.82 bits per heavy atom. The van der Waals surface area contributed by atoms with Crippen molar-refractivity contribution in [1.82, 2.24) is 9.97 Å². The number of aromatic nitrogens is 2. The Hall–Kier alpha value is -1.77. The average Bonchev–Trinajstić information content (AvgIpc) is 3.00. The van der Waals surface area contributed by atoms with E-state index in [1.54, 1.807) is 12.1 Å². The third kappa shape index (κ3) is 2.05. The van der Waals surface area contributed by atoms with Crippen LogP contribution in [-0.2, 0) is 0 Å². The first-order valence-corrected chi connectivity index (χ1v) is 6.17. The summed E-state index contributed by atoms with van der Waals surface area (Å²) in [5.74, 6) is 1.99. The Labute approximate surface area is 101 Å². The number of hydrogen-bond donors (Lipinski definition) is 2. The summed E-state index contributed by atoms with van der Waals surface area (Å²) in [6.07, 6.45) is 6.97. The van der Waals surface area contributed by atoms with Crippen molar-refractivity contribution < 1.29 is 5.11 Å². The molecular formula is C14H16N2O. The van der Waals surface area contributed by atoms with Crippen LogP contribution in [0.5, 0.6) is 5.75 Å². The Balaban J connectivity index is 1.89. The lowest BCUT2D eigenvalue weighted by molar-refractivity contribution is 0.475. The van der Waals surface area contributed by atoms with E-state index in [1.807, 2.05) is 18.3 Å². The van der Waals surface area contributed by atoms with Gasteiger partial charge in [-0.3, -0.25) is 0 Å². The number of phenolic OH excluding ortho intramolecular Hbond substituents is 1. The molecule has 17 heavy (non-hydrogen) atoms. The van der Waals surface area contributed by atoms with E-state index in [0.717, 1.165) is 17.1 Å². The number of hydrogen-bond acceptors (Lipinski definition) is 2. The van der Waals surface area contributed by atoms with Crippen LogP contribution < -0.4 is 0 Å². The quantitative estimate of drug-likeness (QED) is 0.827. The number of H-pyrrole nitrogens is 1. The number of phenols is 1. The Kier molecular flexibility index (Phi) is 2.59. The number of imidazole rings is 1. The summed E-state index contributed by atoms with van der Waals surface area (Å²) in [5, 5.41) is 9.46. The summed E-state index contributed by atoms with van der Waals surface area (Å²) in [6.45, 7) is 0. The van der Waals surface area contributed by atoms with Crippen molar-refractivity contribution >= 4 is 0 Å². The molecule has 2 N–H and O–H groups in total. The molecule has 0 radical (unpaired) electrons. The van der Waals surface area contributed by atoms with Crippen molar-refractivity contribution in [2.45, 2.75) is 31.6 Å². The molecule has 0 unspecified atom stereocenters. The number of benzene rings is 1. The molecule has 1 aliphatic carbocycles. The SMILES string of the molecule is Oc1cccc(-c2cnc(C3CCCC3)[nH]2)c1. The highest BCUT2D eigenvalue weighted by molar-refractivity contribution is 5.60. The molecule has 0 spiro atoms. The zero-order chi connectivity index (χ0) is 11.7. The summed E-state index contributed by atoms with van der Waals surface area (Å²) in [4.78, 5) is 7.84. The molecule has 1 aromatic carbocycles. The maximum atomic E-state index is 9.46. The van der Waals surface area contributed by atoms with Crippen LogP contribution in [0.3, 0.4) is 0 Å². The third-order valence-electron chi connectivity index (χ3n) is 3.49. The summed E-state index contributed by atoms with van der Waals surface area (Å²) in [6, 6.07) is 7.26. The van der Waals surface area contributed by atoms with Crippen molar-refractivity contribution in [2.24, 2.45) is 0 Å². The van der Waals surface area contributed by atoms with Crippen LogP contribution in [0.25, 0.3) is 11.3 Å². The summed E-state index contributed by atoms with van der Waals surface area (Å²) in [5.41, 5.74) is 1.98. The van der Waals surface area contributed by atoms with Crippen LogP contribution in [0.15, 0.2) is 30.5 Å². The summed E-state index contributed by atoms with van der Waals surface area (Å²) >= 11 is 0. The van der Waals surface area contributed by atoms with Gasteiger partial charge in [0.2, 0.25) is 0 Å². The standard InChI is InChI=1S/C14H16N2O/c17-12-7-3-6-11(8-12)13-9-15-14(16-13)10-4-1-2-5-10/h3,6-10,17H,1-2,4-5H2,(H,15,16). The highest BCUT2D eigenvalue weighted by Crippen LogP contribution is 2.33. The summed E-state index contributed by atoms with van der Waals surface area (Å²) in [7, 11) is 0. The van der Waals surface area contributed by atoms with Crippen molar-refractivity contribution in [3.05, 3.63) is 36.3 Å². The predicted molar refractivity (Wildman–Crippen MR) is 66.9 cm³/mol. The van der Waals surface area contributed by atoms with Gasteiger partial charge in [-0.25, -0.2) is 4.98 Å². The minimum absolute atomic E-state index is 0.291. The Morgan fingerprint density at radius 1 is 1.24 bits per heavy atom. The van der Waals surface area contributed by atoms with Gasteiger partial charge >= 0.3 is 0 Å². The van der Waals surface area contributed by atoms with Gasteiger partial charge < -0.3 is 10.1 Å². The second-order valence-corrected chi connectivity index (χ2v) is 4.71. The largest absolute Gasteiger partial charge is 0.508 e. The molecule has 1 aromatic heterocycles. The third-order valence-corrected chi connectivity index (χ3v) is 3.49. The smallest absolute Gasteiger partial charge is 0.116 e. The first-order chi connectivity index (χ1) is 8.33. The number of aromatic hydroxyl groups is 1. The van der Waals surface area contributed by atoms with E-state index in [4.69, 9.17) is 0 Å². The van der Waals surface area contributed by atoms with Crippen LogP contribution in [0.1, 0.15) is 37.4 Å². The van der Waals surface area contributed by atoms with Crippen molar-refractivity contribution in [2.75, 3.05) is 0 Å².